The number of Topliss-reactive ketones (excluding diaryl/α,β-unsaturated/α-hetero) is 1. The maximum atomic E-state index is 12.7. The van der Waals surface area contributed by atoms with Crippen LogP contribution in [-0.4, -0.2) is 41.4 Å². The van der Waals surface area contributed by atoms with Crippen molar-refractivity contribution in [2.75, 3.05) is 13.7 Å². The SMILES string of the molecule is COC[C@@]1(O)CC[C@@H]2C1=C[C@@]1(C)CC(=O)C(C(C)C)=C1C[C@H](O)[C@@H]2C. The second-order valence-electron chi connectivity index (χ2n) is 8.90. The fourth-order valence-corrected chi connectivity index (χ4v) is 5.39. The standard InChI is InChI=1S/C21H32O4/c1-12(2)19-15-8-17(22)13(3)14-6-7-21(24,11-25-5)16(14)9-20(15,4)10-18(19)23/h9,12-14,17,22,24H,6-8,10-11H2,1-5H3/t13-,14+,17+,20+,21+/m1/s1. The molecule has 0 amide bonds. The van der Waals surface area contributed by atoms with Crippen molar-refractivity contribution in [3.63, 3.8) is 0 Å². The summed E-state index contributed by atoms with van der Waals surface area (Å²) in [5, 5.41) is 22.1. The number of ether oxygens (including phenoxy) is 1. The van der Waals surface area contributed by atoms with E-state index in [1.54, 1.807) is 7.11 Å². The number of aliphatic hydroxyl groups is 2. The molecule has 3 aliphatic carbocycles. The third kappa shape index (κ3) is 2.92. The average molecular weight is 348 g/mol. The number of allylic oxidation sites excluding steroid dienone is 2. The van der Waals surface area contributed by atoms with Crippen LogP contribution in [0, 0.1) is 23.2 Å². The molecule has 0 saturated heterocycles. The van der Waals surface area contributed by atoms with Gasteiger partial charge < -0.3 is 14.9 Å². The van der Waals surface area contributed by atoms with Crippen LogP contribution in [0.1, 0.15) is 53.4 Å². The molecule has 0 radical (unpaired) electrons. The Morgan fingerprint density at radius 1 is 1.40 bits per heavy atom. The fraction of sp³-hybridized carbons (Fsp3) is 0.762. The van der Waals surface area contributed by atoms with Crippen molar-refractivity contribution >= 4 is 5.78 Å². The van der Waals surface area contributed by atoms with E-state index in [4.69, 9.17) is 4.74 Å². The molecule has 3 aliphatic rings. The summed E-state index contributed by atoms with van der Waals surface area (Å²) in [5.41, 5.74) is 1.54. The van der Waals surface area contributed by atoms with Gasteiger partial charge in [0.25, 0.3) is 0 Å². The number of fused-ring (bicyclic) bond motifs is 2. The third-order valence-corrected chi connectivity index (χ3v) is 6.74. The number of methoxy groups -OCH3 is 1. The van der Waals surface area contributed by atoms with Gasteiger partial charge in [-0.25, -0.2) is 0 Å². The van der Waals surface area contributed by atoms with E-state index in [9.17, 15) is 15.0 Å². The van der Waals surface area contributed by atoms with Crippen LogP contribution in [0.15, 0.2) is 22.8 Å². The van der Waals surface area contributed by atoms with Crippen LogP contribution < -0.4 is 0 Å². The predicted molar refractivity (Wildman–Crippen MR) is 97.0 cm³/mol. The first kappa shape index (κ1) is 18.8. The molecule has 3 rings (SSSR count). The maximum Gasteiger partial charge on any atom is 0.160 e. The molecular formula is C21H32O4. The molecule has 0 aliphatic heterocycles. The lowest BCUT2D eigenvalue weighted by molar-refractivity contribution is -0.116. The van der Waals surface area contributed by atoms with E-state index in [1.807, 2.05) is 13.8 Å². The summed E-state index contributed by atoms with van der Waals surface area (Å²) >= 11 is 0. The lowest BCUT2D eigenvalue weighted by atomic mass is 9.69. The van der Waals surface area contributed by atoms with Gasteiger partial charge in [0, 0.05) is 18.9 Å². The molecule has 0 aromatic rings. The molecule has 4 heteroatoms. The van der Waals surface area contributed by atoms with Crippen molar-refractivity contribution < 1.29 is 19.7 Å². The van der Waals surface area contributed by atoms with Gasteiger partial charge in [-0.15, -0.1) is 0 Å². The summed E-state index contributed by atoms with van der Waals surface area (Å²) in [4.78, 5) is 12.7. The summed E-state index contributed by atoms with van der Waals surface area (Å²) in [7, 11) is 1.61. The highest BCUT2D eigenvalue weighted by molar-refractivity contribution is 6.00. The van der Waals surface area contributed by atoms with E-state index in [2.05, 4.69) is 19.9 Å². The molecule has 25 heavy (non-hydrogen) atoms. The number of rotatable bonds is 3. The Morgan fingerprint density at radius 3 is 2.68 bits per heavy atom. The Morgan fingerprint density at radius 2 is 2.08 bits per heavy atom. The van der Waals surface area contributed by atoms with E-state index in [-0.39, 0.29) is 30.1 Å². The number of hydrogen-bond donors (Lipinski definition) is 2. The van der Waals surface area contributed by atoms with Gasteiger partial charge in [0.05, 0.1) is 12.7 Å². The zero-order valence-electron chi connectivity index (χ0n) is 16.1. The molecule has 140 valence electrons. The largest absolute Gasteiger partial charge is 0.392 e. The summed E-state index contributed by atoms with van der Waals surface area (Å²) in [6.07, 6.45) is 4.16. The highest BCUT2D eigenvalue weighted by Gasteiger charge is 2.51. The first-order chi connectivity index (χ1) is 11.6. The number of carbonyl (C=O) groups excluding carboxylic acids is 1. The highest BCUT2D eigenvalue weighted by Crippen LogP contribution is 2.54. The van der Waals surface area contributed by atoms with E-state index in [0.29, 0.717) is 19.3 Å². The third-order valence-electron chi connectivity index (χ3n) is 6.74. The first-order valence-electron chi connectivity index (χ1n) is 9.52. The van der Waals surface area contributed by atoms with Crippen LogP contribution in [-0.2, 0) is 9.53 Å². The molecule has 5 atom stereocenters. The minimum Gasteiger partial charge on any atom is -0.392 e. The molecule has 0 aromatic carbocycles. The summed E-state index contributed by atoms with van der Waals surface area (Å²) in [5.74, 6) is 0.544. The Hall–Kier alpha value is -0.970. The molecule has 1 saturated carbocycles. The summed E-state index contributed by atoms with van der Waals surface area (Å²) in [6.45, 7) is 8.52. The van der Waals surface area contributed by atoms with Crippen molar-refractivity contribution in [1.29, 1.82) is 0 Å². The minimum atomic E-state index is -0.984. The lowest BCUT2D eigenvalue weighted by Crippen LogP contribution is -2.38. The van der Waals surface area contributed by atoms with Crippen LogP contribution in [0.2, 0.25) is 0 Å². The topological polar surface area (TPSA) is 66.8 Å². The molecule has 4 nitrogen and oxygen atoms in total. The van der Waals surface area contributed by atoms with Gasteiger partial charge in [0.1, 0.15) is 5.60 Å². The molecule has 0 aromatic heterocycles. The van der Waals surface area contributed by atoms with Gasteiger partial charge >= 0.3 is 0 Å². The predicted octanol–water partition coefficient (Wildman–Crippen LogP) is 3.03. The second kappa shape index (κ2) is 6.33. The van der Waals surface area contributed by atoms with Crippen molar-refractivity contribution in [2.24, 2.45) is 23.2 Å². The average Bonchev–Trinajstić information content (AvgIpc) is 2.93. The van der Waals surface area contributed by atoms with E-state index < -0.39 is 17.1 Å². The zero-order valence-corrected chi connectivity index (χ0v) is 16.1. The van der Waals surface area contributed by atoms with Crippen LogP contribution in [0.5, 0.6) is 0 Å². The van der Waals surface area contributed by atoms with Crippen molar-refractivity contribution in [3.8, 4) is 0 Å². The lowest BCUT2D eigenvalue weighted by Gasteiger charge is -2.38. The highest BCUT2D eigenvalue weighted by atomic mass is 16.5. The summed E-state index contributed by atoms with van der Waals surface area (Å²) < 4.78 is 5.30. The normalized spacial score (nSPS) is 41.5. The Kier molecular flexibility index (Phi) is 4.76. The van der Waals surface area contributed by atoms with Gasteiger partial charge in [-0.2, -0.15) is 0 Å². The number of carbonyl (C=O) groups is 1. The van der Waals surface area contributed by atoms with Crippen molar-refractivity contribution in [2.45, 2.75) is 65.1 Å². The smallest absolute Gasteiger partial charge is 0.160 e. The fourth-order valence-electron chi connectivity index (χ4n) is 5.39. The van der Waals surface area contributed by atoms with Gasteiger partial charge in [0.15, 0.2) is 5.78 Å². The van der Waals surface area contributed by atoms with Crippen molar-refractivity contribution in [3.05, 3.63) is 22.8 Å². The molecule has 1 fully saturated rings. The van der Waals surface area contributed by atoms with Gasteiger partial charge in [-0.1, -0.05) is 39.3 Å². The molecule has 0 bridgehead atoms. The minimum absolute atomic E-state index is 0.0540. The summed E-state index contributed by atoms with van der Waals surface area (Å²) in [6, 6.07) is 0. The number of hydrogen-bond acceptors (Lipinski definition) is 4. The van der Waals surface area contributed by atoms with Crippen molar-refractivity contribution in [1.82, 2.24) is 0 Å². The Labute approximate surface area is 151 Å². The second-order valence-corrected chi connectivity index (χ2v) is 8.90. The van der Waals surface area contributed by atoms with Gasteiger partial charge in [-0.05, 0) is 48.2 Å². The van der Waals surface area contributed by atoms with E-state index in [1.165, 1.54) is 0 Å². The molecular weight excluding hydrogens is 316 g/mol. The molecule has 2 N–H and O–H groups in total. The quantitative estimate of drug-likeness (QED) is 0.770. The van der Waals surface area contributed by atoms with Crippen LogP contribution >= 0.6 is 0 Å². The Bertz CT molecular complexity index is 632. The first-order valence-corrected chi connectivity index (χ1v) is 9.52. The van der Waals surface area contributed by atoms with E-state index >= 15 is 0 Å². The zero-order chi connectivity index (χ0) is 18.6. The Balaban J connectivity index is 2.18. The van der Waals surface area contributed by atoms with Crippen LogP contribution in [0.4, 0.5) is 0 Å². The molecule has 0 unspecified atom stereocenters. The number of aliphatic hydroxyl groups excluding tert-OH is 1. The van der Waals surface area contributed by atoms with Gasteiger partial charge in [0.2, 0.25) is 0 Å². The molecule has 0 spiro atoms. The molecule has 0 heterocycles. The number of ketones is 1. The van der Waals surface area contributed by atoms with Gasteiger partial charge in [-0.3, -0.25) is 4.79 Å². The van der Waals surface area contributed by atoms with Crippen LogP contribution in [0.3, 0.4) is 0 Å². The monoisotopic (exact) mass is 348 g/mol. The van der Waals surface area contributed by atoms with E-state index in [0.717, 1.165) is 23.1 Å². The van der Waals surface area contributed by atoms with Crippen LogP contribution in [0.25, 0.3) is 0 Å². The maximum absolute atomic E-state index is 12.7.